The number of hydrogen-bond donors (Lipinski definition) is 1. The molecule has 0 radical (unpaired) electrons. The lowest BCUT2D eigenvalue weighted by molar-refractivity contribution is -0.0182. The van der Waals surface area contributed by atoms with E-state index < -0.39 is 0 Å². The second-order valence-electron chi connectivity index (χ2n) is 5.16. The van der Waals surface area contributed by atoms with Crippen molar-refractivity contribution in [2.75, 3.05) is 47.5 Å². The van der Waals surface area contributed by atoms with E-state index in [1.807, 2.05) is 12.1 Å². The van der Waals surface area contributed by atoms with Gasteiger partial charge in [-0.25, -0.2) is 0 Å². The van der Waals surface area contributed by atoms with Crippen LogP contribution in [0.25, 0.3) is 0 Å². The molecule has 1 saturated heterocycles. The van der Waals surface area contributed by atoms with Crippen LogP contribution in [0.5, 0.6) is 11.5 Å². The SMILES string of the molecule is COc1ccc(CNCC2CN(C)CCO2)c(Cl)c1OC. The summed E-state index contributed by atoms with van der Waals surface area (Å²) in [5, 5.41) is 3.98. The summed E-state index contributed by atoms with van der Waals surface area (Å²) < 4.78 is 16.2. The van der Waals surface area contributed by atoms with Crippen molar-refractivity contribution >= 4 is 11.6 Å². The third kappa shape index (κ3) is 4.23. The van der Waals surface area contributed by atoms with Crippen LogP contribution in [-0.4, -0.2) is 58.5 Å². The molecule has 2 rings (SSSR count). The molecule has 0 bridgehead atoms. The van der Waals surface area contributed by atoms with Gasteiger partial charge in [-0.3, -0.25) is 0 Å². The Morgan fingerprint density at radius 1 is 1.38 bits per heavy atom. The van der Waals surface area contributed by atoms with Crippen LogP contribution in [0.3, 0.4) is 0 Å². The van der Waals surface area contributed by atoms with Crippen LogP contribution in [0.2, 0.25) is 5.02 Å². The van der Waals surface area contributed by atoms with E-state index in [0.717, 1.165) is 31.8 Å². The predicted octanol–water partition coefficient (Wildman–Crippen LogP) is 1.78. The van der Waals surface area contributed by atoms with Crippen molar-refractivity contribution in [2.45, 2.75) is 12.6 Å². The van der Waals surface area contributed by atoms with Crippen LogP contribution in [0, 0.1) is 0 Å². The number of hydrogen-bond acceptors (Lipinski definition) is 5. The number of likely N-dealkylation sites (N-methyl/N-ethyl adjacent to an activating group) is 1. The highest BCUT2D eigenvalue weighted by Gasteiger charge is 2.18. The van der Waals surface area contributed by atoms with Crippen molar-refractivity contribution in [1.82, 2.24) is 10.2 Å². The fourth-order valence-corrected chi connectivity index (χ4v) is 2.72. The largest absolute Gasteiger partial charge is 0.493 e. The van der Waals surface area contributed by atoms with Gasteiger partial charge >= 0.3 is 0 Å². The van der Waals surface area contributed by atoms with Gasteiger partial charge in [0.25, 0.3) is 0 Å². The molecule has 0 saturated carbocycles. The maximum Gasteiger partial charge on any atom is 0.179 e. The highest BCUT2D eigenvalue weighted by molar-refractivity contribution is 6.33. The second-order valence-corrected chi connectivity index (χ2v) is 5.54. The molecule has 0 spiro atoms. The van der Waals surface area contributed by atoms with Crippen molar-refractivity contribution in [2.24, 2.45) is 0 Å². The fourth-order valence-electron chi connectivity index (χ4n) is 2.42. The molecule has 5 nitrogen and oxygen atoms in total. The zero-order valence-corrected chi connectivity index (χ0v) is 13.6. The first kappa shape index (κ1) is 16.4. The number of nitrogens with one attached hydrogen (secondary N) is 1. The standard InChI is InChI=1S/C15H23ClN2O3/c1-18-6-7-21-12(10-18)9-17-8-11-4-5-13(19-2)15(20-3)14(11)16/h4-5,12,17H,6-10H2,1-3H3. The van der Waals surface area contributed by atoms with Gasteiger partial charge in [-0.2, -0.15) is 0 Å². The number of benzene rings is 1. The van der Waals surface area contributed by atoms with Crippen LogP contribution < -0.4 is 14.8 Å². The lowest BCUT2D eigenvalue weighted by Gasteiger charge is -2.30. The fraction of sp³-hybridized carbons (Fsp3) is 0.600. The van der Waals surface area contributed by atoms with E-state index in [0.29, 0.717) is 23.1 Å². The number of ether oxygens (including phenoxy) is 3. The quantitative estimate of drug-likeness (QED) is 0.867. The van der Waals surface area contributed by atoms with Gasteiger partial charge in [0.15, 0.2) is 11.5 Å². The van der Waals surface area contributed by atoms with Crippen LogP contribution in [0.4, 0.5) is 0 Å². The van der Waals surface area contributed by atoms with E-state index in [9.17, 15) is 0 Å². The van der Waals surface area contributed by atoms with E-state index in [4.69, 9.17) is 25.8 Å². The summed E-state index contributed by atoms with van der Waals surface area (Å²) in [5.41, 5.74) is 0.985. The summed E-state index contributed by atoms with van der Waals surface area (Å²) in [4.78, 5) is 2.28. The molecule has 1 heterocycles. The topological polar surface area (TPSA) is 43.0 Å². The molecule has 0 amide bonds. The van der Waals surface area contributed by atoms with Gasteiger partial charge in [-0.05, 0) is 18.7 Å². The normalized spacial score (nSPS) is 19.5. The third-order valence-electron chi connectivity index (χ3n) is 3.59. The Morgan fingerprint density at radius 2 is 2.19 bits per heavy atom. The van der Waals surface area contributed by atoms with Crippen LogP contribution in [0.15, 0.2) is 12.1 Å². The summed E-state index contributed by atoms with van der Waals surface area (Å²) in [6.07, 6.45) is 0.225. The molecule has 1 unspecified atom stereocenters. The smallest absolute Gasteiger partial charge is 0.179 e. The monoisotopic (exact) mass is 314 g/mol. The highest BCUT2D eigenvalue weighted by Crippen LogP contribution is 2.37. The average Bonchev–Trinajstić information content (AvgIpc) is 2.48. The van der Waals surface area contributed by atoms with E-state index >= 15 is 0 Å². The maximum absolute atomic E-state index is 6.35. The van der Waals surface area contributed by atoms with E-state index in [1.165, 1.54) is 0 Å². The third-order valence-corrected chi connectivity index (χ3v) is 4.01. The van der Waals surface area contributed by atoms with Crippen molar-refractivity contribution in [1.29, 1.82) is 0 Å². The Morgan fingerprint density at radius 3 is 2.86 bits per heavy atom. The van der Waals surface area contributed by atoms with Gasteiger partial charge in [0.2, 0.25) is 0 Å². The van der Waals surface area contributed by atoms with Crippen LogP contribution in [0.1, 0.15) is 5.56 Å². The number of rotatable bonds is 6. The first-order chi connectivity index (χ1) is 10.2. The minimum Gasteiger partial charge on any atom is -0.493 e. The summed E-state index contributed by atoms with van der Waals surface area (Å²) in [7, 11) is 5.30. The van der Waals surface area contributed by atoms with E-state index in [-0.39, 0.29) is 6.10 Å². The van der Waals surface area contributed by atoms with E-state index in [2.05, 4.69) is 17.3 Å². The molecular formula is C15H23ClN2O3. The van der Waals surface area contributed by atoms with Crippen LogP contribution >= 0.6 is 11.6 Å². The minimum absolute atomic E-state index is 0.225. The summed E-state index contributed by atoms with van der Waals surface area (Å²) >= 11 is 6.35. The number of halogens is 1. The zero-order chi connectivity index (χ0) is 15.2. The second kappa shape index (κ2) is 7.84. The minimum atomic E-state index is 0.225. The van der Waals surface area contributed by atoms with Gasteiger partial charge in [0.1, 0.15) is 0 Å². The highest BCUT2D eigenvalue weighted by atomic mass is 35.5. The number of nitrogens with zero attached hydrogens (tertiary/aromatic N) is 1. The lowest BCUT2D eigenvalue weighted by atomic mass is 10.2. The molecule has 1 fully saturated rings. The number of morpholine rings is 1. The van der Waals surface area contributed by atoms with Gasteiger partial charge in [-0.1, -0.05) is 17.7 Å². The van der Waals surface area contributed by atoms with Gasteiger partial charge in [0.05, 0.1) is 32.0 Å². The number of methoxy groups -OCH3 is 2. The molecule has 21 heavy (non-hydrogen) atoms. The Balaban J connectivity index is 1.91. The molecule has 1 aromatic rings. The summed E-state index contributed by atoms with van der Waals surface area (Å²) in [5.74, 6) is 1.22. The summed E-state index contributed by atoms with van der Waals surface area (Å²) in [6, 6.07) is 3.82. The molecule has 0 aromatic heterocycles. The molecule has 1 aliphatic rings. The van der Waals surface area contributed by atoms with Crippen molar-refractivity contribution in [3.63, 3.8) is 0 Å². The van der Waals surface area contributed by atoms with Crippen LogP contribution in [-0.2, 0) is 11.3 Å². The lowest BCUT2D eigenvalue weighted by Crippen LogP contribution is -2.44. The molecule has 0 aliphatic carbocycles. The molecule has 1 aromatic carbocycles. The van der Waals surface area contributed by atoms with Gasteiger partial charge in [0, 0.05) is 26.2 Å². The predicted molar refractivity (Wildman–Crippen MR) is 83.5 cm³/mol. The Bertz CT molecular complexity index is 470. The van der Waals surface area contributed by atoms with Crippen molar-refractivity contribution in [3.05, 3.63) is 22.7 Å². The molecule has 6 heteroatoms. The molecule has 118 valence electrons. The van der Waals surface area contributed by atoms with Gasteiger partial charge < -0.3 is 24.4 Å². The molecule has 1 atom stereocenters. The van der Waals surface area contributed by atoms with E-state index in [1.54, 1.807) is 14.2 Å². The molecular weight excluding hydrogens is 292 g/mol. The Kier molecular flexibility index (Phi) is 6.11. The van der Waals surface area contributed by atoms with Crippen molar-refractivity contribution in [3.8, 4) is 11.5 Å². The zero-order valence-electron chi connectivity index (χ0n) is 12.8. The van der Waals surface area contributed by atoms with Gasteiger partial charge in [-0.15, -0.1) is 0 Å². The Labute approximate surface area is 131 Å². The van der Waals surface area contributed by atoms with Crippen molar-refractivity contribution < 1.29 is 14.2 Å². The Hall–Kier alpha value is -1.01. The maximum atomic E-state index is 6.35. The molecule has 1 aliphatic heterocycles. The summed E-state index contributed by atoms with van der Waals surface area (Å²) in [6.45, 7) is 4.21. The first-order valence-corrected chi connectivity index (χ1v) is 7.43. The molecule has 1 N–H and O–H groups in total. The average molecular weight is 315 g/mol. The first-order valence-electron chi connectivity index (χ1n) is 7.06.